The summed E-state index contributed by atoms with van der Waals surface area (Å²) in [7, 11) is -3.33. The van der Waals surface area contributed by atoms with E-state index in [1.807, 2.05) is 19.9 Å². The third-order valence-electron chi connectivity index (χ3n) is 2.12. The van der Waals surface area contributed by atoms with Crippen molar-refractivity contribution in [3.05, 3.63) is 27.1 Å². The quantitative estimate of drug-likeness (QED) is 0.772. The molecule has 0 saturated heterocycles. The predicted molar refractivity (Wildman–Crippen MR) is 82.4 cm³/mol. The van der Waals surface area contributed by atoms with E-state index in [9.17, 15) is 8.42 Å². The SMILES string of the molecule is CC(C)NCCS(=O)(=O)Nc1cc(Br)ccc1Br. The maximum Gasteiger partial charge on any atom is 0.234 e. The zero-order chi connectivity index (χ0) is 13.8. The first kappa shape index (κ1) is 15.9. The van der Waals surface area contributed by atoms with Crippen molar-refractivity contribution >= 4 is 47.6 Å². The first-order valence-corrected chi connectivity index (χ1v) is 8.73. The Balaban J connectivity index is 2.67. The fourth-order valence-corrected chi connectivity index (χ4v) is 3.11. The smallest absolute Gasteiger partial charge is 0.234 e. The molecule has 0 saturated carbocycles. The van der Waals surface area contributed by atoms with Gasteiger partial charge in [-0.3, -0.25) is 4.72 Å². The fraction of sp³-hybridized carbons (Fsp3) is 0.455. The summed E-state index contributed by atoms with van der Waals surface area (Å²) in [4.78, 5) is 0. The number of benzene rings is 1. The maximum absolute atomic E-state index is 11.9. The highest BCUT2D eigenvalue weighted by Crippen LogP contribution is 2.26. The Hall–Kier alpha value is -0.110. The minimum atomic E-state index is -3.33. The van der Waals surface area contributed by atoms with E-state index < -0.39 is 10.0 Å². The zero-order valence-corrected chi connectivity index (χ0v) is 14.2. The Bertz CT molecular complexity index is 504. The molecule has 1 aromatic rings. The summed E-state index contributed by atoms with van der Waals surface area (Å²) in [5.74, 6) is 0.0458. The van der Waals surface area contributed by atoms with E-state index in [-0.39, 0.29) is 11.8 Å². The van der Waals surface area contributed by atoms with Gasteiger partial charge in [-0.05, 0) is 34.1 Å². The second-order valence-electron chi connectivity index (χ2n) is 4.15. The normalized spacial score (nSPS) is 11.8. The monoisotopic (exact) mass is 398 g/mol. The average molecular weight is 400 g/mol. The Morgan fingerprint density at radius 3 is 2.56 bits per heavy atom. The van der Waals surface area contributed by atoms with Gasteiger partial charge in [-0.2, -0.15) is 0 Å². The number of anilines is 1. The van der Waals surface area contributed by atoms with E-state index >= 15 is 0 Å². The molecule has 102 valence electrons. The van der Waals surface area contributed by atoms with E-state index in [0.717, 1.165) is 4.47 Å². The molecular formula is C11H16Br2N2O2S. The van der Waals surface area contributed by atoms with Crippen LogP contribution < -0.4 is 10.0 Å². The molecule has 0 fully saturated rings. The van der Waals surface area contributed by atoms with E-state index in [2.05, 4.69) is 41.9 Å². The van der Waals surface area contributed by atoms with Crippen LogP contribution in [0.3, 0.4) is 0 Å². The molecule has 0 aliphatic heterocycles. The largest absolute Gasteiger partial charge is 0.313 e. The highest BCUT2D eigenvalue weighted by molar-refractivity contribution is 9.11. The van der Waals surface area contributed by atoms with Crippen LogP contribution in [0.2, 0.25) is 0 Å². The third kappa shape index (κ3) is 5.69. The number of rotatable bonds is 6. The number of halogens is 2. The molecule has 18 heavy (non-hydrogen) atoms. The van der Waals surface area contributed by atoms with Crippen LogP contribution in [-0.2, 0) is 10.0 Å². The van der Waals surface area contributed by atoms with Gasteiger partial charge in [0.2, 0.25) is 10.0 Å². The van der Waals surface area contributed by atoms with Crippen molar-refractivity contribution in [2.75, 3.05) is 17.0 Å². The Kier molecular flexibility index (Phi) is 6.10. The lowest BCUT2D eigenvalue weighted by atomic mass is 10.3. The molecule has 0 atom stereocenters. The Labute approximate surface area is 125 Å². The van der Waals surface area contributed by atoms with Gasteiger partial charge in [0.25, 0.3) is 0 Å². The second kappa shape index (κ2) is 6.88. The summed E-state index contributed by atoms with van der Waals surface area (Å²) in [6.07, 6.45) is 0. The van der Waals surface area contributed by atoms with Crippen molar-refractivity contribution in [3.63, 3.8) is 0 Å². The van der Waals surface area contributed by atoms with Gasteiger partial charge in [-0.1, -0.05) is 29.8 Å². The molecule has 7 heteroatoms. The van der Waals surface area contributed by atoms with Gasteiger partial charge in [-0.25, -0.2) is 8.42 Å². The molecule has 2 N–H and O–H groups in total. The minimum absolute atomic E-state index is 0.0458. The molecule has 0 amide bonds. The Morgan fingerprint density at radius 2 is 1.94 bits per heavy atom. The van der Waals surface area contributed by atoms with Crippen molar-refractivity contribution in [1.82, 2.24) is 5.32 Å². The molecule has 0 unspecified atom stereocenters. The van der Waals surface area contributed by atoms with E-state index in [0.29, 0.717) is 16.7 Å². The van der Waals surface area contributed by atoms with Crippen LogP contribution in [0.1, 0.15) is 13.8 Å². The number of hydrogen-bond donors (Lipinski definition) is 2. The molecule has 0 bridgehead atoms. The number of nitrogens with one attached hydrogen (secondary N) is 2. The van der Waals surface area contributed by atoms with Gasteiger partial charge >= 0.3 is 0 Å². The van der Waals surface area contributed by atoms with Crippen molar-refractivity contribution in [2.24, 2.45) is 0 Å². The molecule has 0 heterocycles. The molecule has 1 aromatic carbocycles. The molecule has 0 aromatic heterocycles. The van der Waals surface area contributed by atoms with Gasteiger partial charge in [0.05, 0.1) is 11.4 Å². The molecule has 4 nitrogen and oxygen atoms in total. The van der Waals surface area contributed by atoms with Gasteiger partial charge in [0.15, 0.2) is 0 Å². The first-order valence-electron chi connectivity index (χ1n) is 5.49. The van der Waals surface area contributed by atoms with Crippen molar-refractivity contribution in [2.45, 2.75) is 19.9 Å². The molecule has 0 aliphatic carbocycles. The van der Waals surface area contributed by atoms with Crippen molar-refractivity contribution in [3.8, 4) is 0 Å². The first-order chi connectivity index (χ1) is 8.30. The molecule has 0 radical (unpaired) electrons. The van der Waals surface area contributed by atoms with Gasteiger partial charge in [0.1, 0.15) is 0 Å². The Morgan fingerprint density at radius 1 is 1.28 bits per heavy atom. The standard InChI is InChI=1S/C11H16Br2N2O2S/c1-8(2)14-5-6-18(16,17)15-11-7-9(12)3-4-10(11)13/h3-4,7-8,14-15H,5-6H2,1-2H3. The van der Waals surface area contributed by atoms with Crippen LogP contribution in [0.5, 0.6) is 0 Å². The van der Waals surface area contributed by atoms with Crippen molar-refractivity contribution < 1.29 is 8.42 Å². The molecule has 0 spiro atoms. The fourth-order valence-electron chi connectivity index (χ4n) is 1.28. The summed E-state index contributed by atoms with van der Waals surface area (Å²) in [5, 5.41) is 3.07. The van der Waals surface area contributed by atoms with Gasteiger partial charge in [0, 0.05) is 21.5 Å². The van der Waals surface area contributed by atoms with E-state index in [1.165, 1.54) is 0 Å². The highest BCUT2D eigenvalue weighted by atomic mass is 79.9. The van der Waals surface area contributed by atoms with E-state index in [1.54, 1.807) is 12.1 Å². The summed E-state index contributed by atoms with van der Waals surface area (Å²) < 4.78 is 27.8. The van der Waals surface area contributed by atoms with Crippen LogP contribution >= 0.6 is 31.9 Å². The lowest BCUT2D eigenvalue weighted by molar-refractivity contribution is 0.582. The van der Waals surface area contributed by atoms with Crippen LogP contribution in [0, 0.1) is 0 Å². The number of sulfonamides is 1. The lowest BCUT2D eigenvalue weighted by Crippen LogP contribution is -2.31. The van der Waals surface area contributed by atoms with E-state index in [4.69, 9.17) is 0 Å². The average Bonchev–Trinajstić information content (AvgIpc) is 2.22. The summed E-state index contributed by atoms with van der Waals surface area (Å²) in [6, 6.07) is 5.62. The van der Waals surface area contributed by atoms with Crippen LogP contribution in [0.15, 0.2) is 27.1 Å². The zero-order valence-electron chi connectivity index (χ0n) is 10.2. The van der Waals surface area contributed by atoms with Gasteiger partial charge < -0.3 is 5.32 Å². The van der Waals surface area contributed by atoms with Gasteiger partial charge in [-0.15, -0.1) is 0 Å². The summed E-state index contributed by atoms with van der Waals surface area (Å²) >= 11 is 6.62. The summed E-state index contributed by atoms with van der Waals surface area (Å²) in [5.41, 5.74) is 0.536. The lowest BCUT2D eigenvalue weighted by Gasteiger charge is -2.11. The summed E-state index contributed by atoms with van der Waals surface area (Å²) in [6.45, 7) is 4.38. The second-order valence-corrected chi connectivity index (χ2v) is 7.77. The third-order valence-corrected chi connectivity index (χ3v) is 4.57. The topological polar surface area (TPSA) is 58.2 Å². The highest BCUT2D eigenvalue weighted by Gasteiger charge is 2.12. The maximum atomic E-state index is 11.9. The minimum Gasteiger partial charge on any atom is -0.313 e. The molecular weight excluding hydrogens is 384 g/mol. The predicted octanol–water partition coefficient (Wildman–Crippen LogP) is 2.95. The van der Waals surface area contributed by atoms with Crippen LogP contribution in [0.4, 0.5) is 5.69 Å². The van der Waals surface area contributed by atoms with Crippen molar-refractivity contribution in [1.29, 1.82) is 0 Å². The molecule has 0 aliphatic rings. The van der Waals surface area contributed by atoms with Crippen LogP contribution in [0.25, 0.3) is 0 Å². The number of hydrogen-bond acceptors (Lipinski definition) is 3. The van der Waals surface area contributed by atoms with Crippen LogP contribution in [-0.4, -0.2) is 26.8 Å². The molecule has 1 rings (SSSR count).